The fraction of sp³-hybridized carbons (Fsp3) is 0. The summed E-state index contributed by atoms with van der Waals surface area (Å²) in [5.41, 5.74) is 0. The Morgan fingerprint density at radius 1 is 0.161 bits per heavy atom. The van der Waals surface area contributed by atoms with Gasteiger partial charge in [0.1, 0.15) is 0 Å². The zero-order chi connectivity index (χ0) is 39.2. The van der Waals surface area contributed by atoms with Crippen molar-refractivity contribution < 1.29 is 11.4 Å². The van der Waals surface area contributed by atoms with Gasteiger partial charge in [-0.05, 0) is 0 Å². The molecule has 0 aromatic heterocycles. The zero-order valence-electron chi connectivity index (χ0n) is 30.1. The van der Waals surface area contributed by atoms with Crippen molar-refractivity contribution in [1.29, 1.82) is 0 Å². The molecular formula is C48H40F4I4. The summed E-state index contributed by atoms with van der Waals surface area (Å²) < 4.78 is 63.0. The van der Waals surface area contributed by atoms with Gasteiger partial charge in [-0.1, -0.05) is 0 Å². The minimum atomic E-state index is -2.60. The molecular weight excluding hydrogens is 1160 g/mol. The van der Waals surface area contributed by atoms with Crippen molar-refractivity contribution in [3.63, 3.8) is 0 Å². The van der Waals surface area contributed by atoms with Crippen LogP contribution < -0.4 is 0 Å². The van der Waals surface area contributed by atoms with E-state index in [2.05, 4.69) is 0 Å². The first kappa shape index (κ1) is 43.5. The van der Waals surface area contributed by atoms with Crippen molar-refractivity contribution in [2.45, 2.75) is 0 Å². The molecule has 0 nitrogen and oxygen atoms in total. The molecule has 8 aromatic carbocycles. The van der Waals surface area contributed by atoms with E-state index < -0.39 is 81.6 Å². The Morgan fingerprint density at radius 3 is 0.339 bits per heavy atom. The summed E-state index contributed by atoms with van der Waals surface area (Å²) in [5.74, 6) is 0. The third-order valence-electron chi connectivity index (χ3n) is 7.40. The summed E-state index contributed by atoms with van der Waals surface area (Å²) in [6.45, 7) is 0. The first-order chi connectivity index (χ1) is 27.5. The molecule has 56 heavy (non-hydrogen) atoms. The Labute approximate surface area is 360 Å². The van der Waals surface area contributed by atoms with Crippen molar-refractivity contribution in [2.75, 3.05) is 0 Å². The van der Waals surface area contributed by atoms with E-state index in [9.17, 15) is 11.4 Å². The minimum absolute atomic E-state index is 0.864. The van der Waals surface area contributed by atoms with Gasteiger partial charge in [0, 0.05) is 0 Å². The van der Waals surface area contributed by atoms with Crippen LogP contribution in [0.3, 0.4) is 0 Å². The molecule has 0 amide bonds. The third kappa shape index (κ3) is 14.4. The van der Waals surface area contributed by atoms with Gasteiger partial charge in [-0.3, -0.25) is 0 Å². The van der Waals surface area contributed by atoms with Gasteiger partial charge in [-0.25, -0.2) is 0 Å². The first-order valence-corrected chi connectivity index (χ1v) is 29.3. The number of hydrogen-bond acceptors (Lipinski definition) is 0. The van der Waals surface area contributed by atoms with E-state index in [0.717, 1.165) is 28.6 Å². The van der Waals surface area contributed by atoms with Crippen molar-refractivity contribution >= 4 is 81.6 Å². The van der Waals surface area contributed by atoms with Crippen LogP contribution in [0.4, 0.5) is 11.4 Å². The van der Waals surface area contributed by atoms with Crippen LogP contribution >= 0.6 is 81.6 Å². The molecule has 8 rings (SSSR count). The fourth-order valence-electron chi connectivity index (χ4n) is 4.71. The Bertz CT molecular complexity index is 1710. The van der Waals surface area contributed by atoms with Crippen LogP contribution in [0.5, 0.6) is 0 Å². The molecule has 8 aromatic rings. The van der Waals surface area contributed by atoms with Gasteiger partial charge in [-0.15, -0.1) is 0 Å². The molecule has 0 aliphatic heterocycles. The Hall–Kier alpha value is -3.60. The van der Waals surface area contributed by atoms with Gasteiger partial charge in [0.05, 0.1) is 0 Å². The van der Waals surface area contributed by atoms with E-state index in [1.165, 1.54) is 0 Å². The monoisotopic (exact) mass is 1200 g/mol. The topological polar surface area (TPSA) is 0 Å². The summed E-state index contributed by atoms with van der Waals surface area (Å²) in [5, 5.41) is 0. The standard InChI is InChI=1S/4C12H10FI/c4*13-14(11-7-3-1-4-8-11)12-9-5-2-6-10-12/h4*1-10H. The van der Waals surface area contributed by atoms with Crippen LogP contribution in [-0.2, 0) is 0 Å². The molecule has 0 saturated carbocycles. The van der Waals surface area contributed by atoms with E-state index in [0.29, 0.717) is 0 Å². The van der Waals surface area contributed by atoms with Gasteiger partial charge >= 0.3 is 364 Å². The predicted molar refractivity (Wildman–Crippen MR) is 262 cm³/mol. The van der Waals surface area contributed by atoms with Crippen LogP contribution in [0.25, 0.3) is 0 Å². The van der Waals surface area contributed by atoms with E-state index in [1.807, 2.05) is 243 Å². The third-order valence-corrected chi connectivity index (χ3v) is 21.9. The van der Waals surface area contributed by atoms with Gasteiger partial charge in [-0.2, -0.15) is 0 Å². The molecule has 0 aliphatic carbocycles. The average Bonchev–Trinajstić information content (AvgIpc) is 3.31. The molecule has 0 unspecified atom stereocenters. The molecule has 0 N–H and O–H groups in total. The molecule has 0 saturated heterocycles. The summed E-state index contributed by atoms with van der Waals surface area (Å²) in [4.78, 5) is 0. The normalized spacial score (nSPS) is 11.1. The summed E-state index contributed by atoms with van der Waals surface area (Å²) in [6, 6.07) is 75.5. The Morgan fingerprint density at radius 2 is 0.250 bits per heavy atom. The molecule has 0 heterocycles. The molecule has 0 bridgehead atoms. The molecule has 288 valence electrons. The maximum absolute atomic E-state index is 14.0. The second-order valence-electron chi connectivity index (χ2n) is 11.3. The number of halogens is 8. The SMILES string of the molecule is FI(c1ccccc1)c1ccccc1.FI(c1ccccc1)c1ccccc1.FI(c1ccccc1)c1ccccc1.FI(c1ccccc1)c1ccccc1. The van der Waals surface area contributed by atoms with Crippen molar-refractivity contribution in [1.82, 2.24) is 0 Å². The van der Waals surface area contributed by atoms with E-state index in [-0.39, 0.29) is 0 Å². The van der Waals surface area contributed by atoms with E-state index in [4.69, 9.17) is 0 Å². The molecule has 8 heteroatoms. The van der Waals surface area contributed by atoms with Crippen LogP contribution in [0.15, 0.2) is 243 Å². The summed E-state index contributed by atoms with van der Waals surface area (Å²) in [6.07, 6.45) is 0. The predicted octanol–water partition coefficient (Wildman–Crippen LogP) is 16.5. The molecule has 0 spiro atoms. The molecule has 0 radical (unpaired) electrons. The molecule has 0 atom stereocenters. The summed E-state index contributed by atoms with van der Waals surface area (Å²) >= 11 is -10.4. The number of rotatable bonds is 8. The fourth-order valence-corrected chi connectivity index (χ4v) is 16.0. The van der Waals surface area contributed by atoms with Gasteiger partial charge in [0.2, 0.25) is 0 Å². The van der Waals surface area contributed by atoms with Crippen molar-refractivity contribution in [3.8, 4) is 0 Å². The van der Waals surface area contributed by atoms with E-state index in [1.54, 1.807) is 0 Å². The zero-order valence-corrected chi connectivity index (χ0v) is 38.7. The quantitative estimate of drug-likeness (QED) is 0.105. The van der Waals surface area contributed by atoms with Gasteiger partial charge in [0.25, 0.3) is 0 Å². The Kier molecular flexibility index (Phi) is 19.4. The van der Waals surface area contributed by atoms with Crippen LogP contribution in [-0.4, -0.2) is 0 Å². The van der Waals surface area contributed by atoms with Gasteiger partial charge < -0.3 is 0 Å². The molecule has 0 fully saturated rings. The first-order valence-electron chi connectivity index (χ1n) is 17.4. The van der Waals surface area contributed by atoms with Crippen LogP contribution in [0, 0.1) is 28.6 Å². The molecule has 0 aliphatic rings. The second kappa shape index (κ2) is 24.9. The summed E-state index contributed by atoms with van der Waals surface area (Å²) in [7, 11) is 0. The number of hydrogen-bond donors (Lipinski definition) is 0. The second-order valence-corrected chi connectivity index (χ2v) is 26.7. The van der Waals surface area contributed by atoms with Gasteiger partial charge in [0.15, 0.2) is 0 Å². The van der Waals surface area contributed by atoms with Crippen molar-refractivity contribution in [2.24, 2.45) is 0 Å². The van der Waals surface area contributed by atoms with E-state index >= 15 is 0 Å². The van der Waals surface area contributed by atoms with Crippen molar-refractivity contribution in [3.05, 3.63) is 271 Å². The average molecular weight is 1200 g/mol. The Balaban J connectivity index is 0.000000143. The number of benzene rings is 8. The maximum atomic E-state index is 14.0. The van der Waals surface area contributed by atoms with Crippen LogP contribution in [0.2, 0.25) is 0 Å². The van der Waals surface area contributed by atoms with Crippen LogP contribution in [0.1, 0.15) is 0 Å².